The zero-order valence-corrected chi connectivity index (χ0v) is 13.9. The van der Waals surface area contributed by atoms with Gasteiger partial charge < -0.3 is 5.32 Å². The van der Waals surface area contributed by atoms with Crippen LogP contribution < -0.4 is 10.7 Å². The van der Waals surface area contributed by atoms with Gasteiger partial charge in [-0.3, -0.25) is 4.79 Å². The Hall–Kier alpha value is -3.40. The van der Waals surface area contributed by atoms with Gasteiger partial charge in [0, 0.05) is 16.9 Å². The van der Waals surface area contributed by atoms with E-state index in [4.69, 9.17) is 0 Å². The van der Waals surface area contributed by atoms with E-state index in [1.54, 1.807) is 12.3 Å². The van der Waals surface area contributed by atoms with Crippen molar-refractivity contribution in [3.8, 4) is 0 Å². The molecule has 0 radical (unpaired) electrons. The van der Waals surface area contributed by atoms with Crippen molar-refractivity contribution in [2.45, 2.75) is 6.92 Å². The van der Waals surface area contributed by atoms with Gasteiger partial charge in [0.05, 0.1) is 6.21 Å². The number of amides is 1. The first kappa shape index (κ1) is 16.5. The standard InChI is InChI=1S/C21H19N3O/c1-16-7-5-6-10-20(16)21(25)24-22-15-17-11-13-19(14-12-17)23-18-8-3-2-4-9-18/h2-15,23H,1H3,(H,24,25)/b22-15-. The van der Waals surface area contributed by atoms with Gasteiger partial charge in [-0.15, -0.1) is 0 Å². The van der Waals surface area contributed by atoms with E-state index in [-0.39, 0.29) is 5.91 Å². The van der Waals surface area contributed by atoms with Crippen LogP contribution in [0.15, 0.2) is 84.0 Å². The fraction of sp³-hybridized carbons (Fsp3) is 0.0476. The molecule has 124 valence electrons. The van der Waals surface area contributed by atoms with Crippen LogP contribution >= 0.6 is 0 Å². The second-order valence-corrected chi connectivity index (χ2v) is 5.63. The van der Waals surface area contributed by atoms with Gasteiger partial charge in [-0.1, -0.05) is 48.5 Å². The van der Waals surface area contributed by atoms with Gasteiger partial charge in [-0.25, -0.2) is 5.43 Å². The van der Waals surface area contributed by atoms with Crippen LogP contribution in [0.1, 0.15) is 21.5 Å². The van der Waals surface area contributed by atoms with E-state index in [0.29, 0.717) is 5.56 Å². The number of nitrogens with one attached hydrogen (secondary N) is 2. The molecule has 0 bridgehead atoms. The highest BCUT2D eigenvalue weighted by Crippen LogP contribution is 2.16. The second-order valence-electron chi connectivity index (χ2n) is 5.63. The average molecular weight is 329 g/mol. The molecule has 4 nitrogen and oxygen atoms in total. The predicted octanol–water partition coefficient (Wildman–Crippen LogP) is 4.50. The van der Waals surface area contributed by atoms with Gasteiger partial charge in [0.25, 0.3) is 5.91 Å². The molecule has 1 amide bonds. The molecular formula is C21H19N3O. The third-order valence-corrected chi connectivity index (χ3v) is 3.74. The molecule has 4 heteroatoms. The van der Waals surface area contributed by atoms with E-state index in [2.05, 4.69) is 15.8 Å². The molecule has 0 saturated heterocycles. The van der Waals surface area contributed by atoms with Crippen molar-refractivity contribution in [2.24, 2.45) is 5.10 Å². The number of carbonyl (C=O) groups excluding carboxylic acids is 1. The molecule has 0 atom stereocenters. The van der Waals surface area contributed by atoms with E-state index in [9.17, 15) is 4.79 Å². The molecule has 0 heterocycles. The average Bonchev–Trinajstić information content (AvgIpc) is 2.64. The van der Waals surface area contributed by atoms with Crippen LogP contribution in [0.5, 0.6) is 0 Å². The van der Waals surface area contributed by atoms with Crippen LogP contribution in [0.25, 0.3) is 0 Å². The summed E-state index contributed by atoms with van der Waals surface area (Å²) in [6, 6.07) is 25.2. The Morgan fingerprint density at radius 2 is 1.48 bits per heavy atom. The molecule has 0 aliphatic rings. The molecule has 2 N–H and O–H groups in total. The van der Waals surface area contributed by atoms with Crippen molar-refractivity contribution in [3.05, 3.63) is 95.6 Å². The number of hydrazone groups is 1. The lowest BCUT2D eigenvalue weighted by molar-refractivity contribution is 0.0954. The second kappa shape index (κ2) is 7.93. The number of aryl methyl sites for hydroxylation is 1. The van der Waals surface area contributed by atoms with Crippen LogP contribution in [0.3, 0.4) is 0 Å². The van der Waals surface area contributed by atoms with Crippen molar-refractivity contribution >= 4 is 23.5 Å². The Balaban J connectivity index is 1.59. The monoisotopic (exact) mass is 329 g/mol. The quantitative estimate of drug-likeness (QED) is 0.535. The Labute approximate surface area is 147 Å². The number of nitrogens with zero attached hydrogens (tertiary/aromatic N) is 1. The molecule has 0 aromatic heterocycles. The fourth-order valence-corrected chi connectivity index (χ4v) is 2.39. The highest BCUT2D eigenvalue weighted by atomic mass is 16.2. The summed E-state index contributed by atoms with van der Waals surface area (Å²) >= 11 is 0. The Kier molecular flexibility index (Phi) is 5.22. The molecular weight excluding hydrogens is 310 g/mol. The topological polar surface area (TPSA) is 53.5 Å². The molecule has 3 aromatic carbocycles. The lowest BCUT2D eigenvalue weighted by Crippen LogP contribution is -2.18. The molecule has 0 fully saturated rings. The Morgan fingerprint density at radius 3 is 2.20 bits per heavy atom. The molecule has 0 saturated carbocycles. The molecule has 25 heavy (non-hydrogen) atoms. The summed E-state index contributed by atoms with van der Waals surface area (Å²) in [5, 5.41) is 7.35. The van der Waals surface area contributed by atoms with Gasteiger partial charge in [0.2, 0.25) is 0 Å². The summed E-state index contributed by atoms with van der Waals surface area (Å²) < 4.78 is 0. The van der Waals surface area contributed by atoms with Crippen molar-refractivity contribution in [3.63, 3.8) is 0 Å². The van der Waals surface area contributed by atoms with Crippen molar-refractivity contribution < 1.29 is 4.79 Å². The highest BCUT2D eigenvalue weighted by molar-refractivity contribution is 5.96. The maximum Gasteiger partial charge on any atom is 0.271 e. The van der Waals surface area contributed by atoms with Gasteiger partial charge in [-0.05, 0) is 48.4 Å². The first-order valence-electron chi connectivity index (χ1n) is 8.03. The SMILES string of the molecule is Cc1ccccc1C(=O)N/N=C\c1ccc(Nc2ccccc2)cc1. The molecule has 0 aliphatic heterocycles. The number of para-hydroxylation sites is 1. The van der Waals surface area contributed by atoms with E-state index < -0.39 is 0 Å². The van der Waals surface area contributed by atoms with Gasteiger partial charge in [0.15, 0.2) is 0 Å². The van der Waals surface area contributed by atoms with Crippen LogP contribution in [-0.2, 0) is 0 Å². The van der Waals surface area contributed by atoms with E-state index in [1.165, 1.54) is 0 Å². The lowest BCUT2D eigenvalue weighted by Gasteiger charge is -2.06. The normalized spacial score (nSPS) is 10.6. The minimum absolute atomic E-state index is 0.211. The van der Waals surface area contributed by atoms with Gasteiger partial charge in [0.1, 0.15) is 0 Å². The van der Waals surface area contributed by atoms with E-state index in [0.717, 1.165) is 22.5 Å². The van der Waals surface area contributed by atoms with E-state index >= 15 is 0 Å². The van der Waals surface area contributed by atoms with E-state index in [1.807, 2.05) is 79.7 Å². The number of benzene rings is 3. The first-order chi connectivity index (χ1) is 12.2. The molecule has 3 rings (SSSR count). The third kappa shape index (κ3) is 4.54. The fourth-order valence-electron chi connectivity index (χ4n) is 2.39. The largest absolute Gasteiger partial charge is 0.356 e. The van der Waals surface area contributed by atoms with Crippen molar-refractivity contribution in [2.75, 3.05) is 5.32 Å². The van der Waals surface area contributed by atoms with Gasteiger partial charge in [-0.2, -0.15) is 5.10 Å². The summed E-state index contributed by atoms with van der Waals surface area (Å²) in [5.74, 6) is -0.211. The van der Waals surface area contributed by atoms with Crippen LogP contribution in [0.2, 0.25) is 0 Å². The smallest absolute Gasteiger partial charge is 0.271 e. The maximum atomic E-state index is 12.1. The minimum atomic E-state index is -0.211. The number of anilines is 2. The third-order valence-electron chi connectivity index (χ3n) is 3.74. The van der Waals surface area contributed by atoms with Crippen LogP contribution in [0.4, 0.5) is 11.4 Å². The van der Waals surface area contributed by atoms with Gasteiger partial charge >= 0.3 is 0 Å². The summed E-state index contributed by atoms with van der Waals surface area (Å²) in [5.41, 5.74) is 7.04. The highest BCUT2D eigenvalue weighted by Gasteiger charge is 2.06. The summed E-state index contributed by atoms with van der Waals surface area (Å²) in [7, 11) is 0. The molecule has 3 aromatic rings. The zero-order chi connectivity index (χ0) is 17.5. The molecule has 0 unspecified atom stereocenters. The first-order valence-corrected chi connectivity index (χ1v) is 8.03. The van der Waals surface area contributed by atoms with Crippen molar-refractivity contribution in [1.82, 2.24) is 5.43 Å². The summed E-state index contributed by atoms with van der Waals surface area (Å²) in [6.45, 7) is 1.90. The maximum absolute atomic E-state index is 12.1. The van der Waals surface area contributed by atoms with Crippen LogP contribution in [-0.4, -0.2) is 12.1 Å². The number of hydrogen-bond donors (Lipinski definition) is 2. The Morgan fingerprint density at radius 1 is 0.840 bits per heavy atom. The molecule has 0 aliphatic carbocycles. The predicted molar refractivity (Wildman–Crippen MR) is 102 cm³/mol. The lowest BCUT2D eigenvalue weighted by atomic mass is 10.1. The summed E-state index contributed by atoms with van der Waals surface area (Å²) in [4.78, 5) is 12.1. The number of hydrogen-bond acceptors (Lipinski definition) is 3. The Bertz CT molecular complexity index is 871. The number of carbonyl (C=O) groups is 1. The number of rotatable bonds is 5. The summed E-state index contributed by atoms with van der Waals surface area (Å²) in [6.07, 6.45) is 1.63. The van der Waals surface area contributed by atoms with Crippen molar-refractivity contribution in [1.29, 1.82) is 0 Å². The zero-order valence-electron chi connectivity index (χ0n) is 13.9. The van der Waals surface area contributed by atoms with Crippen LogP contribution in [0, 0.1) is 6.92 Å². The molecule has 0 spiro atoms. The minimum Gasteiger partial charge on any atom is -0.356 e.